The zero-order valence-corrected chi connectivity index (χ0v) is 20.6. The lowest BCUT2D eigenvalue weighted by atomic mass is 9.96. The van der Waals surface area contributed by atoms with Gasteiger partial charge in [0.2, 0.25) is 5.91 Å². The lowest BCUT2D eigenvalue weighted by Gasteiger charge is -2.34. The minimum Gasteiger partial charge on any atom is -0.478 e. The second-order valence-corrected chi connectivity index (χ2v) is 9.39. The molecule has 1 saturated heterocycles. The number of likely N-dealkylation sites (N-methyl/N-ethyl adjacent to an activating group) is 1. The van der Waals surface area contributed by atoms with E-state index in [1.165, 1.54) is 0 Å². The third-order valence-corrected chi connectivity index (χ3v) is 6.35. The summed E-state index contributed by atoms with van der Waals surface area (Å²) in [6.45, 7) is 3.60. The number of carboxylic acids is 1. The second-order valence-electron chi connectivity index (χ2n) is 9.39. The van der Waals surface area contributed by atoms with Gasteiger partial charge in [0.1, 0.15) is 11.5 Å². The van der Waals surface area contributed by atoms with Crippen LogP contribution >= 0.6 is 0 Å². The number of ether oxygens (including phenoxy) is 1. The number of aromatic carboxylic acids is 1. The van der Waals surface area contributed by atoms with Crippen molar-refractivity contribution in [2.24, 2.45) is 5.92 Å². The van der Waals surface area contributed by atoms with Crippen LogP contribution in [0.2, 0.25) is 0 Å². The zero-order chi connectivity index (χ0) is 25.3. The summed E-state index contributed by atoms with van der Waals surface area (Å²) in [4.78, 5) is 28.5. The van der Waals surface area contributed by atoms with E-state index < -0.39 is 5.97 Å². The smallest absolute Gasteiger partial charge is 0.336 e. The van der Waals surface area contributed by atoms with Crippen LogP contribution in [0.3, 0.4) is 0 Å². The van der Waals surface area contributed by atoms with E-state index in [1.54, 1.807) is 12.1 Å². The minimum absolute atomic E-state index is 0.0581. The molecule has 0 radical (unpaired) electrons. The van der Waals surface area contributed by atoms with E-state index in [0.717, 1.165) is 49.5 Å². The summed E-state index contributed by atoms with van der Waals surface area (Å²) < 4.78 is 5.80. The number of rotatable bonds is 10. The van der Waals surface area contributed by atoms with Crippen LogP contribution in [0.1, 0.15) is 28.8 Å². The average Bonchev–Trinajstić information content (AvgIpc) is 2.86. The Kier molecular flexibility index (Phi) is 8.71. The lowest BCUT2D eigenvalue weighted by Crippen LogP contribution is -2.41. The van der Waals surface area contributed by atoms with Crippen molar-refractivity contribution in [3.8, 4) is 11.5 Å². The molecule has 1 atom stereocenters. The molecule has 7 nitrogen and oxygen atoms in total. The third kappa shape index (κ3) is 7.41. The summed E-state index contributed by atoms with van der Waals surface area (Å²) in [7, 11) is 1.97. The number of carbonyl (C=O) groups excluding carboxylic acids is 1. The SMILES string of the molecule is CN(CC(=O)Nc1ccc(Oc2ccccc2)cc1)CC1CCCN(Cc2ccccc2C(=O)O)C1. The van der Waals surface area contributed by atoms with Gasteiger partial charge in [-0.05, 0) is 80.4 Å². The Labute approximate surface area is 212 Å². The van der Waals surface area contributed by atoms with Crippen molar-refractivity contribution in [2.45, 2.75) is 19.4 Å². The Morgan fingerprint density at radius 1 is 1.00 bits per heavy atom. The quantitative estimate of drug-likeness (QED) is 0.421. The fourth-order valence-corrected chi connectivity index (χ4v) is 4.73. The molecule has 0 saturated carbocycles. The molecule has 1 unspecified atom stereocenters. The van der Waals surface area contributed by atoms with E-state index in [1.807, 2.05) is 73.8 Å². The van der Waals surface area contributed by atoms with Gasteiger partial charge in [-0.2, -0.15) is 0 Å². The average molecular weight is 488 g/mol. The summed E-state index contributed by atoms with van der Waals surface area (Å²) in [5, 5.41) is 12.4. The van der Waals surface area contributed by atoms with Crippen LogP contribution in [0.15, 0.2) is 78.9 Å². The summed E-state index contributed by atoms with van der Waals surface area (Å²) >= 11 is 0. The molecule has 0 bridgehead atoms. The molecule has 1 fully saturated rings. The van der Waals surface area contributed by atoms with Crippen LogP contribution in [0.5, 0.6) is 11.5 Å². The molecule has 2 N–H and O–H groups in total. The minimum atomic E-state index is -0.886. The zero-order valence-electron chi connectivity index (χ0n) is 20.6. The predicted octanol–water partition coefficient (Wildman–Crippen LogP) is 4.96. The highest BCUT2D eigenvalue weighted by Crippen LogP contribution is 2.23. The Balaban J connectivity index is 1.23. The van der Waals surface area contributed by atoms with Crippen molar-refractivity contribution in [3.05, 3.63) is 90.0 Å². The number of piperidine rings is 1. The van der Waals surface area contributed by atoms with Crippen LogP contribution in [-0.2, 0) is 11.3 Å². The molecule has 4 rings (SSSR count). The summed E-state index contributed by atoms with van der Waals surface area (Å²) in [6.07, 6.45) is 2.17. The highest BCUT2D eigenvalue weighted by Gasteiger charge is 2.23. The second kappa shape index (κ2) is 12.3. The van der Waals surface area contributed by atoms with Crippen molar-refractivity contribution in [3.63, 3.8) is 0 Å². The number of hydrogen-bond acceptors (Lipinski definition) is 5. The van der Waals surface area contributed by atoms with Crippen molar-refractivity contribution in [1.82, 2.24) is 9.80 Å². The van der Waals surface area contributed by atoms with E-state index in [-0.39, 0.29) is 5.91 Å². The molecule has 3 aromatic rings. The van der Waals surface area contributed by atoms with Gasteiger partial charge in [-0.3, -0.25) is 14.6 Å². The first-order chi connectivity index (χ1) is 17.5. The normalized spacial score (nSPS) is 16.0. The van der Waals surface area contributed by atoms with E-state index >= 15 is 0 Å². The Hall–Kier alpha value is -3.68. The largest absolute Gasteiger partial charge is 0.478 e. The summed E-state index contributed by atoms with van der Waals surface area (Å²) in [5.74, 6) is 0.968. The van der Waals surface area contributed by atoms with Gasteiger partial charge in [-0.25, -0.2) is 4.79 Å². The van der Waals surface area contributed by atoms with Gasteiger partial charge in [0.25, 0.3) is 0 Å². The molecule has 0 spiro atoms. The summed E-state index contributed by atoms with van der Waals surface area (Å²) in [5.41, 5.74) is 1.95. The van der Waals surface area contributed by atoms with Crippen LogP contribution in [-0.4, -0.2) is 60.0 Å². The number of carbonyl (C=O) groups is 2. The maximum absolute atomic E-state index is 12.6. The molecule has 188 valence electrons. The molecule has 36 heavy (non-hydrogen) atoms. The van der Waals surface area contributed by atoms with Gasteiger partial charge in [0, 0.05) is 25.3 Å². The molecule has 0 aromatic heterocycles. The fourth-order valence-electron chi connectivity index (χ4n) is 4.73. The number of benzene rings is 3. The van der Waals surface area contributed by atoms with E-state index in [4.69, 9.17) is 4.74 Å². The number of nitrogens with one attached hydrogen (secondary N) is 1. The molecule has 1 amide bonds. The van der Waals surface area contributed by atoms with Gasteiger partial charge in [0.05, 0.1) is 12.1 Å². The molecular weight excluding hydrogens is 454 g/mol. The first-order valence-electron chi connectivity index (χ1n) is 12.3. The molecule has 3 aromatic carbocycles. The molecule has 1 aliphatic rings. The van der Waals surface area contributed by atoms with E-state index in [2.05, 4.69) is 15.1 Å². The molecule has 1 heterocycles. The van der Waals surface area contributed by atoms with Crippen molar-refractivity contribution in [2.75, 3.05) is 38.5 Å². The number of hydrogen-bond donors (Lipinski definition) is 2. The highest BCUT2D eigenvalue weighted by molar-refractivity contribution is 5.92. The molecular formula is C29H33N3O4. The number of para-hydroxylation sites is 1. The number of likely N-dealkylation sites (tertiary alicyclic amines) is 1. The maximum Gasteiger partial charge on any atom is 0.336 e. The maximum atomic E-state index is 12.6. The first kappa shape index (κ1) is 25.4. The van der Waals surface area contributed by atoms with Gasteiger partial charge in [-0.1, -0.05) is 36.4 Å². The third-order valence-electron chi connectivity index (χ3n) is 6.35. The standard InChI is InChI=1S/C29H33N3O4/c1-31(18-22-8-7-17-32(19-22)20-23-9-5-6-12-27(23)29(34)35)21-28(33)30-24-13-15-26(16-14-24)36-25-10-3-2-4-11-25/h2-6,9-16,22H,7-8,17-21H2,1H3,(H,30,33)(H,34,35). The Morgan fingerprint density at radius 3 is 2.44 bits per heavy atom. The topological polar surface area (TPSA) is 82.1 Å². The van der Waals surface area contributed by atoms with Gasteiger partial charge in [0.15, 0.2) is 0 Å². The molecule has 0 aliphatic carbocycles. The number of anilines is 1. The van der Waals surface area contributed by atoms with E-state index in [9.17, 15) is 14.7 Å². The fraction of sp³-hybridized carbons (Fsp3) is 0.310. The molecule has 1 aliphatic heterocycles. The van der Waals surface area contributed by atoms with Crippen LogP contribution < -0.4 is 10.1 Å². The van der Waals surface area contributed by atoms with Crippen molar-refractivity contribution in [1.29, 1.82) is 0 Å². The van der Waals surface area contributed by atoms with Gasteiger partial charge < -0.3 is 15.2 Å². The monoisotopic (exact) mass is 487 g/mol. The van der Waals surface area contributed by atoms with Gasteiger partial charge >= 0.3 is 5.97 Å². The number of amides is 1. The van der Waals surface area contributed by atoms with Crippen LogP contribution in [0, 0.1) is 5.92 Å². The Bertz CT molecular complexity index is 1150. The molecule has 7 heteroatoms. The van der Waals surface area contributed by atoms with Crippen molar-refractivity contribution >= 4 is 17.6 Å². The van der Waals surface area contributed by atoms with Gasteiger partial charge in [-0.15, -0.1) is 0 Å². The highest BCUT2D eigenvalue weighted by atomic mass is 16.5. The van der Waals surface area contributed by atoms with Crippen molar-refractivity contribution < 1.29 is 19.4 Å². The van der Waals surface area contributed by atoms with Crippen LogP contribution in [0.25, 0.3) is 0 Å². The Morgan fingerprint density at radius 2 is 1.69 bits per heavy atom. The van der Waals surface area contributed by atoms with E-state index in [0.29, 0.717) is 30.3 Å². The number of nitrogens with zero attached hydrogens (tertiary/aromatic N) is 2. The number of carboxylic acid groups (broad SMARTS) is 1. The van der Waals surface area contributed by atoms with Crippen LogP contribution in [0.4, 0.5) is 5.69 Å². The predicted molar refractivity (Wildman–Crippen MR) is 140 cm³/mol. The summed E-state index contributed by atoms with van der Waals surface area (Å²) in [6, 6.07) is 24.1. The lowest BCUT2D eigenvalue weighted by molar-refractivity contribution is -0.117. The first-order valence-corrected chi connectivity index (χ1v) is 12.3.